The van der Waals surface area contributed by atoms with E-state index in [4.69, 9.17) is 5.11 Å². The molecule has 1 N–H and O–H groups in total. The summed E-state index contributed by atoms with van der Waals surface area (Å²) < 4.78 is 2.26. The van der Waals surface area contributed by atoms with Gasteiger partial charge in [0.1, 0.15) is 0 Å². The van der Waals surface area contributed by atoms with Crippen molar-refractivity contribution < 1.29 is 5.11 Å². The van der Waals surface area contributed by atoms with Crippen molar-refractivity contribution in [1.29, 1.82) is 0 Å². The van der Waals surface area contributed by atoms with Crippen LogP contribution in [0.4, 0.5) is 0 Å². The van der Waals surface area contributed by atoms with Gasteiger partial charge in [0, 0.05) is 17.9 Å². The Morgan fingerprint density at radius 2 is 2.08 bits per heavy atom. The molecule has 0 radical (unpaired) electrons. The molecule has 2 nitrogen and oxygen atoms in total. The van der Waals surface area contributed by atoms with Crippen molar-refractivity contribution in [2.45, 2.75) is 40.3 Å². The van der Waals surface area contributed by atoms with Crippen molar-refractivity contribution in [1.82, 2.24) is 4.57 Å². The Morgan fingerprint density at radius 3 is 2.50 bits per heavy atom. The van der Waals surface area contributed by atoms with Gasteiger partial charge in [-0.15, -0.1) is 0 Å². The van der Waals surface area contributed by atoms with Crippen LogP contribution < -0.4 is 0 Å². The highest BCUT2D eigenvalue weighted by atomic mass is 16.3. The zero-order valence-electron chi connectivity index (χ0n) is 8.09. The highest BCUT2D eigenvalue weighted by molar-refractivity contribution is 5.25. The Balaban J connectivity index is 3.01. The number of aliphatic hydroxyl groups is 1. The minimum absolute atomic E-state index is 0.156. The molecule has 1 rings (SSSR count). The molecule has 0 amide bonds. The van der Waals surface area contributed by atoms with E-state index in [9.17, 15) is 0 Å². The molecular weight excluding hydrogens is 150 g/mol. The SMILES string of the molecule is CCCn1c(C)cc(CO)c1C. The zero-order valence-corrected chi connectivity index (χ0v) is 8.09. The molecule has 0 unspecified atom stereocenters. The third-order valence-corrected chi connectivity index (χ3v) is 2.30. The van der Waals surface area contributed by atoms with Gasteiger partial charge in [-0.2, -0.15) is 0 Å². The molecule has 0 bridgehead atoms. The summed E-state index contributed by atoms with van der Waals surface area (Å²) >= 11 is 0. The molecule has 1 aromatic rings. The maximum atomic E-state index is 9.01. The second kappa shape index (κ2) is 3.76. The van der Waals surface area contributed by atoms with Crippen molar-refractivity contribution in [3.8, 4) is 0 Å². The van der Waals surface area contributed by atoms with Gasteiger partial charge >= 0.3 is 0 Å². The third-order valence-electron chi connectivity index (χ3n) is 2.30. The first-order valence-electron chi connectivity index (χ1n) is 4.47. The van der Waals surface area contributed by atoms with E-state index in [2.05, 4.69) is 31.4 Å². The first-order chi connectivity index (χ1) is 5.70. The molecule has 0 atom stereocenters. The molecule has 0 saturated carbocycles. The average molecular weight is 167 g/mol. The van der Waals surface area contributed by atoms with Crippen LogP contribution in [-0.2, 0) is 13.2 Å². The molecule has 0 spiro atoms. The first-order valence-corrected chi connectivity index (χ1v) is 4.47. The molecule has 0 fully saturated rings. The number of aryl methyl sites for hydroxylation is 1. The quantitative estimate of drug-likeness (QED) is 0.732. The molecule has 2 heteroatoms. The summed E-state index contributed by atoms with van der Waals surface area (Å²) in [5.41, 5.74) is 3.51. The first kappa shape index (κ1) is 9.33. The zero-order chi connectivity index (χ0) is 9.14. The summed E-state index contributed by atoms with van der Waals surface area (Å²) in [4.78, 5) is 0. The number of aliphatic hydroxyl groups excluding tert-OH is 1. The molecule has 0 saturated heterocycles. The Labute approximate surface area is 73.8 Å². The molecule has 0 aliphatic carbocycles. The van der Waals surface area contributed by atoms with Crippen LogP contribution in [-0.4, -0.2) is 9.67 Å². The second-order valence-electron chi connectivity index (χ2n) is 3.21. The smallest absolute Gasteiger partial charge is 0.0699 e. The summed E-state index contributed by atoms with van der Waals surface area (Å²) in [6.07, 6.45) is 1.14. The Morgan fingerprint density at radius 1 is 1.42 bits per heavy atom. The Kier molecular flexibility index (Phi) is 2.93. The third kappa shape index (κ3) is 1.53. The van der Waals surface area contributed by atoms with E-state index in [1.165, 1.54) is 11.4 Å². The lowest BCUT2D eigenvalue weighted by molar-refractivity contribution is 0.280. The van der Waals surface area contributed by atoms with Gasteiger partial charge in [-0.1, -0.05) is 6.92 Å². The number of rotatable bonds is 3. The van der Waals surface area contributed by atoms with Crippen LogP contribution in [0.3, 0.4) is 0 Å². The number of aromatic nitrogens is 1. The van der Waals surface area contributed by atoms with Crippen LogP contribution in [0.5, 0.6) is 0 Å². The molecule has 68 valence electrons. The van der Waals surface area contributed by atoms with Gasteiger partial charge in [-0.3, -0.25) is 0 Å². The summed E-state index contributed by atoms with van der Waals surface area (Å²) in [6, 6.07) is 2.06. The normalized spacial score (nSPS) is 10.7. The lowest BCUT2D eigenvalue weighted by atomic mass is 10.2. The monoisotopic (exact) mass is 167 g/mol. The Hall–Kier alpha value is -0.760. The van der Waals surface area contributed by atoms with Crippen molar-refractivity contribution in [2.24, 2.45) is 0 Å². The highest BCUT2D eigenvalue weighted by Crippen LogP contribution is 2.14. The average Bonchev–Trinajstić information content (AvgIpc) is 2.32. The molecule has 0 aromatic carbocycles. The molecule has 12 heavy (non-hydrogen) atoms. The van der Waals surface area contributed by atoms with Gasteiger partial charge in [0.25, 0.3) is 0 Å². The number of hydrogen-bond donors (Lipinski definition) is 1. The van der Waals surface area contributed by atoms with E-state index in [1.807, 2.05) is 0 Å². The van der Waals surface area contributed by atoms with Crippen LogP contribution in [0.2, 0.25) is 0 Å². The van der Waals surface area contributed by atoms with E-state index in [0.717, 1.165) is 18.5 Å². The van der Waals surface area contributed by atoms with Gasteiger partial charge in [-0.05, 0) is 31.9 Å². The van der Waals surface area contributed by atoms with Crippen molar-refractivity contribution >= 4 is 0 Å². The number of hydrogen-bond acceptors (Lipinski definition) is 1. The number of nitrogens with zero attached hydrogens (tertiary/aromatic N) is 1. The summed E-state index contributed by atoms with van der Waals surface area (Å²) in [7, 11) is 0. The summed E-state index contributed by atoms with van der Waals surface area (Å²) in [5, 5.41) is 9.01. The van der Waals surface area contributed by atoms with Crippen molar-refractivity contribution in [2.75, 3.05) is 0 Å². The van der Waals surface area contributed by atoms with E-state index in [0.29, 0.717) is 0 Å². The van der Waals surface area contributed by atoms with Crippen LogP contribution in [0.15, 0.2) is 6.07 Å². The van der Waals surface area contributed by atoms with Crippen molar-refractivity contribution in [3.63, 3.8) is 0 Å². The molecule has 1 heterocycles. The molecule has 0 aliphatic heterocycles. The van der Waals surface area contributed by atoms with Gasteiger partial charge in [0.2, 0.25) is 0 Å². The fourth-order valence-corrected chi connectivity index (χ4v) is 1.60. The largest absolute Gasteiger partial charge is 0.392 e. The van der Waals surface area contributed by atoms with E-state index >= 15 is 0 Å². The maximum Gasteiger partial charge on any atom is 0.0699 e. The summed E-state index contributed by atoms with van der Waals surface area (Å²) in [6.45, 7) is 7.52. The molecule has 0 aliphatic rings. The molecular formula is C10H17NO. The van der Waals surface area contributed by atoms with Crippen LogP contribution in [0.1, 0.15) is 30.3 Å². The maximum absolute atomic E-state index is 9.01. The highest BCUT2D eigenvalue weighted by Gasteiger charge is 2.06. The predicted molar refractivity (Wildman–Crippen MR) is 50.1 cm³/mol. The van der Waals surface area contributed by atoms with Gasteiger partial charge in [0.15, 0.2) is 0 Å². The lowest BCUT2D eigenvalue weighted by Gasteiger charge is -2.06. The standard InChI is InChI=1S/C10H17NO/c1-4-5-11-8(2)6-10(7-12)9(11)3/h6,12H,4-5,7H2,1-3H3. The molecule has 1 aromatic heterocycles. The minimum Gasteiger partial charge on any atom is -0.392 e. The topological polar surface area (TPSA) is 25.2 Å². The fraction of sp³-hybridized carbons (Fsp3) is 0.600. The van der Waals surface area contributed by atoms with E-state index < -0.39 is 0 Å². The van der Waals surface area contributed by atoms with Crippen molar-refractivity contribution in [3.05, 3.63) is 23.0 Å². The lowest BCUT2D eigenvalue weighted by Crippen LogP contribution is -2.01. The summed E-state index contributed by atoms with van der Waals surface area (Å²) in [5.74, 6) is 0. The fourth-order valence-electron chi connectivity index (χ4n) is 1.60. The van der Waals surface area contributed by atoms with Crippen LogP contribution >= 0.6 is 0 Å². The van der Waals surface area contributed by atoms with Crippen LogP contribution in [0, 0.1) is 13.8 Å². The van der Waals surface area contributed by atoms with E-state index in [-0.39, 0.29) is 6.61 Å². The van der Waals surface area contributed by atoms with Gasteiger partial charge < -0.3 is 9.67 Å². The van der Waals surface area contributed by atoms with Gasteiger partial charge in [-0.25, -0.2) is 0 Å². The minimum atomic E-state index is 0.156. The predicted octanol–water partition coefficient (Wildman–Crippen LogP) is 2.01. The second-order valence-corrected chi connectivity index (χ2v) is 3.21. The van der Waals surface area contributed by atoms with E-state index in [1.54, 1.807) is 0 Å². The van der Waals surface area contributed by atoms with Crippen LogP contribution in [0.25, 0.3) is 0 Å². The van der Waals surface area contributed by atoms with Gasteiger partial charge in [0.05, 0.1) is 6.61 Å². The Bertz CT molecular complexity index is 263.